The first kappa shape index (κ1) is 48.4. The lowest BCUT2D eigenvalue weighted by molar-refractivity contribution is -0.137. The highest BCUT2D eigenvalue weighted by Crippen LogP contribution is 2.40. The molecule has 68 heavy (non-hydrogen) atoms. The van der Waals surface area contributed by atoms with E-state index in [0.29, 0.717) is 66.8 Å². The summed E-state index contributed by atoms with van der Waals surface area (Å²) < 4.78 is 11.7. The van der Waals surface area contributed by atoms with Gasteiger partial charge in [0, 0.05) is 88.0 Å². The number of nitrogens with one attached hydrogen (secondary N) is 3. The number of amides is 5. The van der Waals surface area contributed by atoms with Gasteiger partial charge in [-0.05, 0) is 101 Å². The van der Waals surface area contributed by atoms with E-state index >= 15 is 0 Å². The van der Waals surface area contributed by atoms with Gasteiger partial charge in [0.25, 0.3) is 11.8 Å². The average molecular weight is 931 g/mol. The van der Waals surface area contributed by atoms with Crippen molar-refractivity contribution in [3.05, 3.63) is 64.8 Å². The molecule has 0 bridgehead atoms. The van der Waals surface area contributed by atoms with Gasteiger partial charge in [0.2, 0.25) is 23.7 Å². The minimum absolute atomic E-state index is 0.0727. The van der Waals surface area contributed by atoms with E-state index in [1.54, 1.807) is 48.4 Å². The van der Waals surface area contributed by atoms with Crippen LogP contribution in [-0.4, -0.2) is 146 Å². The van der Waals surface area contributed by atoms with Crippen LogP contribution in [0.3, 0.4) is 0 Å². The van der Waals surface area contributed by atoms with Crippen molar-refractivity contribution in [2.45, 2.75) is 115 Å². The van der Waals surface area contributed by atoms with Crippen LogP contribution in [0.25, 0.3) is 0 Å². The first-order valence-electron chi connectivity index (χ1n) is 24.5. The maximum atomic E-state index is 13.4. The molecule has 4 aliphatic heterocycles. The zero-order valence-corrected chi connectivity index (χ0v) is 40.0. The Labute approximate surface area is 399 Å². The lowest BCUT2D eigenvalue weighted by atomic mass is 10.0. The van der Waals surface area contributed by atoms with Crippen LogP contribution < -0.4 is 30.5 Å². The van der Waals surface area contributed by atoms with Gasteiger partial charge in [-0.25, -0.2) is 4.98 Å². The lowest BCUT2D eigenvalue weighted by Crippen LogP contribution is -2.55. The lowest BCUT2D eigenvalue weighted by Gasteiger charge is -2.43. The number of likely N-dealkylation sites (tertiary alicyclic amines) is 1. The molecule has 17 heteroatoms. The molecule has 0 radical (unpaired) electrons. The minimum atomic E-state index is -0.640. The Morgan fingerprint density at radius 1 is 1.00 bits per heavy atom. The number of piperidine rings is 2. The van der Waals surface area contributed by atoms with Gasteiger partial charge in [0.05, 0.1) is 25.6 Å². The molecule has 1 saturated carbocycles. The predicted molar refractivity (Wildman–Crippen MR) is 259 cm³/mol. The van der Waals surface area contributed by atoms with Gasteiger partial charge in [-0.15, -0.1) is 0 Å². The normalized spacial score (nSPS) is 20.0. The highest BCUT2D eigenvalue weighted by molar-refractivity contribution is 6.06. The van der Waals surface area contributed by atoms with Crippen molar-refractivity contribution in [3.63, 3.8) is 0 Å². The Morgan fingerprint density at radius 3 is 2.57 bits per heavy atom. The number of imide groups is 1. The number of anilines is 4. The Bertz CT molecular complexity index is 2410. The molecule has 3 fully saturated rings. The van der Waals surface area contributed by atoms with Crippen molar-refractivity contribution in [1.29, 1.82) is 0 Å². The van der Waals surface area contributed by atoms with Crippen LogP contribution in [0.2, 0.25) is 0 Å². The van der Waals surface area contributed by atoms with Crippen LogP contribution in [0.1, 0.15) is 116 Å². The molecule has 17 nitrogen and oxygen atoms in total. The smallest absolute Gasteiger partial charge is 0.255 e. The summed E-state index contributed by atoms with van der Waals surface area (Å²) in [5.74, 6) is 7.23. The van der Waals surface area contributed by atoms with Crippen molar-refractivity contribution in [2.24, 2.45) is 0 Å². The molecule has 2 atom stereocenters. The molecule has 1 unspecified atom stereocenters. The number of hydrogen-bond donors (Lipinski definition) is 3. The molecule has 5 aliphatic rings. The van der Waals surface area contributed by atoms with Gasteiger partial charge in [-0.2, -0.15) is 4.98 Å². The number of fused-ring (bicyclic) bond motifs is 2. The molecule has 5 heterocycles. The average Bonchev–Trinajstić information content (AvgIpc) is 4.00. The Morgan fingerprint density at radius 2 is 1.81 bits per heavy atom. The Hall–Kier alpha value is -6.09. The largest absolute Gasteiger partial charge is 0.495 e. The number of likely N-dealkylation sites (N-methyl/N-ethyl adjacent to an activating group) is 2. The first-order chi connectivity index (χ1) is 33.0. The number of benzene rings is 2. The van der Waals surface area contributed by atoms with E-state index in [-0.39, 0.29) is 48.2 Å². The van der Waals surface area contributed by atoms with Gasteiger partial charge in [-0.3, -0.25) is 29.3 Å². The van der Waals surface area contributed by atoms with Crippen molar-refractivity contribution in [1.82, 2.24) is 35.3 Å². The zero-order chi connectivity index (χ0) is 47.7. The minimum Gasteiger partial charge on any atom is -0.495 e. The summed E-state index contributed by atoms with van der Waals surface area (Å²) in [5.41, 5.74) is 4.09. The second kappa shape index (κ2) is 22.3. The standard InChI is InChI=1S/C51H66N10O7/c1-5-41-50(66)58(3)43-32-52-51(56-46(43)61(41)37-15-8-9-16-37)54-40-19-18-35(31-44(40)67-4)47(63)53-36-22-26-59(27-23-36)25-12-29-68-30-28-57(2)24-10-6-7-13-34-14-11-17-38-39(34)33-60(49(38)65)42-20-21-45(62)55-48(42)64/h11,14,17-19,31-32,36-37,41-42H,5-6,8-10,12,15-16,20-30,33H2,1-4H3,(H,53,63)(H,52,54,56)(H,55,62,64)/t41-,42?/m1/s1. The van der Waals surface area contributed by atoms with Gasteiger partial charge < -0.3 is 44.6 Å². The zero-order valence-electron chi connectivity index (χ0n) is 40.0. The van der Waals surface area contributed by atoms with Crippen molar-refractivity contribution in [2.75, 3.05) is 82.3 Å². The van der Waals surface area contributed by atoms with E-state index in [1.165, 1.54) is 0 Å². The van der Waals surface area contributed by atoms with E-state index in [4.69, 9.17) is 14.5 Å². The molecule has 3 aromatic rings. The van der Waals surface area contributed by atoms with E-state index in [1.807, 2.05) is 18.2 Å². The number of nitrogens with zero attached hydrogens (tertiary/aromatic N) is 7. The molecule has 0 spiro atoms. The molecule has 362 valence electrons. The maximum Gasteiger partial charge on any atom is 0.255 e. The second-order valence-electron chi connectivity index (χ2n) is 18.6. The summed E-state index contributed by atoms with van der Waals surface area (Å²) in [7, 11) is 5.46. The number of carbonyl (C=O) groups is 5. The molecule has 8 rings (SSSR count). The van der Waals surface area contributed by atoms with Crippen LogP contribution in [-0.2, 0) is 25.7 Å². The van der Waals surface area contributed by atoms with Crippen LogP contribution in [0.5, 0.6) is 5.75 Å². The first-order valence-corrected chi connectivity index (χ1v) is 24.5. The summed E-state index contributed by atoms with van der Waals surface area (Å²) in [6.45, 7) is 8.23. The molecule has 1 aromatic heterocycles. The number of rotatable bonds is 18. The molecular weight excluding hydrogens is 865 g/mol. The Kier molecular flexibility index (Phi) is 15.9. The molecule has 2 aromatic carbocycles. The fraction of sp³-hybridized carbons (Fsp3) is 0.549. The van der Waals surface area contributed by atoms with Crippen molar-refractivity contribution < 1.29 is 33.4 Å². The molecule has 3 N–H and O–H groups in total. The van der Waals surface area contributed by atoms with Crippen LogP contribution in [0, 0.1) is 11.8 Å². The van der Waals surface area contributed by atoms with E-state index in [0.717, 1.165) is 107 Å². The molecule has 5 amide bonds. The van der Waals surface area contributed by atoms with Gasteiger partial charge in [-0.1, -0.05) is 37.7 Å². The topological polar surface area (TPSA) is 182 Å². The van der Waals surface area contributed by atoms with E-state index in [9.17, 15) is 24.0 Å². The van der Waals surface area contributed by atoms with E-state index < -0.39 is 11.9 Å². The number of methoxy groups -OCH3 is 1. The fourth-order valence-electron chi connectivity index (χ4n) is 10.2. The maximum absolute atomic E-state index is 13.4. The third-order valence-corrected chi connectivity index (χ3v) is 14.1. The third-order valence-electron chi connectivity index (χ3n) is 14.1. The monoisotopic (exact) mass is 931 g/mol. The van der Waals surface area contributed by atoms with Crippen molar-refractivity contribution >= 4 is 52.7 Å². The quantitative estimate of drug-likeness (QED) is 0.0896. The van der Waals surface area contributed by atoms with Crippen LogP contribution in [0.4, 0.5) is 23.1 Å². The third kappa shape index (κ3) is 11.1. The number of carbonyl (C=O) groups excluding carboxylic acids is 5. The summed E-state index contributed by atoms with van der Waals surface area (Å²) in [6, 6.07) is 10.3. The summed E-state index contributed by atoms with van der Waals surface area (Å²) in [4.78, 5) is 83.5. The molecule has 1 aliphatic carbocycles. The van der Waals surface area contributed by atoms with Crippen LogP contribution in [0.15, 0.2) is 42.6 Å². The van der Waals surface area contributed by atoms with E-state index in [2.05, 4.69) is 61.4 Å². The summed E-state index contributed by atoms with van der Waals surface area (Å²) >= 11 is 0. The van der Waals surface area contributed by atoms with Crippen molar-refractivity contribution in [3.8, 4) is 17.6 Å². The SMILES string of the molecule is CC[C@@H]1C(=O)N(C)c2cnc(Nc3ccc(C(=O)NC4CCN(CCCOCCN(C)CCCC#Cc5cccc6c5CN(C5CCC(=O)NC5=O)C6=O)CC4)cc3OC)nc2N1C1CCCC1. The van der Waals surface area contributed by atoms with Gasteiger partial charge in [0.15, 0.2) is 5.82 Å². The van der Waals surface area contributed by atoms with Gasteiger partial charge in [0.1, 0.15) is 23.5 Å². The predicted octanol–water partition coefficient (Wildman–Crippen LogP) is 4.86. The number of unbranched alkanes of at least 4 members (excludes halogenated alkanes) is 1. The van der Waals surface area contributed by atoms with Crippen LogP contribution >= 0.6 is 0 Å². The summed E-state index contributed by atoms with van der Waals surface area (Å²) in [6.07, 6.45) is 11.7. The number of hydrogen-bond acceptors (Lipinski definition) is 13. The summed E-state index contributed by atoms with van der Waals surface area (Å²) in [5, 5.41) is 8.90. The fourth-order valence-corrected chi connectivity index (χ4v) is 10.2. The Balaban J connectivity index is 0.708. The highest BCUT2D eigenvalue weighted by Gasteiger charge is 2.42. The van der Waals surface area contributed by atoms with Gasteiger partial charge >= 0.3 is 0 Å². The number of ether oxygens (including phenoxy) is 2. The number of aromatic nitrogens is 2. The second-order valence-corrected chi connectivity index (χ2v) is 18.6. The molecule has 2 saturated heterocycles. The molecular formula is C51H66N10O7. The highest BCUT2D eigenvalue weighted by atomic mass is 16.5.